The van der Waals surface area contributed by atoms with Gasteiger partial charge in [0.25, 0.3) is 5.91 Å². The Bertz CT molecular complexity index is 822. The molecule has 4 rings (SSSR count). The number of benzene rings is 1. The molecule has 2 atom stereocenters. The number of carbonyl (C=O) groups is 1. The van der Waals surface area contributed by atoms with E-state index in [-0.39, 0.29) is 24.7 Å². The van der Waals surface area contributed by atoms with Crippen LogP contribution in [-0.2, 0) is 4.74 Å². The van der Waals surface area contributed by atoms with Gasteiger partial charge in [0, 0.05) is 23.2 Å². The van der Waals surface area contributed by atoms with E-state index < -0.39 is 12.1 Å². The number of aromatic nitrogens is 2. The minimum atomic E-state index is -0.679. The molecule has 2 fully saturated rings. The molecule has 1 saturated heterocycles. The molecule has 2 heterocycles. The van der Waals surface area contributed by atoms with Crippen molar-refractivity contribution in [1.29, 1.82) is 0 Å². The van der Waals surface area contributed by atoms with Gasteiger partial charge in [-0.1, -0.05) is 6.07 Å². The minimum Gasteiger partial charge on any atom is -0.393 e. The van der Waals surface area contributed by atoms with Gasteiger partial charge < -0.3 is 25.6 Å². The third-order valence-corrected chi connectivity index (χ3v) is 5.24. The smallest absolute Gasteiger partial charge is 0.251 e. The summed E-state index contributed by atoms with van der Waals surface area (Å²) in [6, 6.07) is 5.12. The van der Waals surface area contributed by atoms with Crippen LogP contribution in [-0.4, -0.2) is 63.6 Å². The number of nitrogens with zero attached hydrogens (tertiary/aromatic N) is 2. The number of amides is 1. The molecule has 1 saturated carbocycles. The van der Waals surface area contributed by atoms with Crippen molar-refractivity contribution in [3.63, 3.8) is 0 Å². The van der Waals surface area contributed by atoms with E-state index in [9.17, 15) is 15.0 Å². The van der Waals surface area contributed by atoms with Gasteiger partial charge in [-0.2, -0.15) is 0 Å². The van der Waals surface area contributed by atoms with Crippen LogP contribution >= 0.6 is 0 Å². The summed E-state index contributed by atoms with van der Waals surface area (Å²) in [5, 5.41) is 26.4. The molecule has 144 valence electrons. The molecule has 2 aromatic rings. The van der Waals surface area contributed by atoms with Crippen molar-refractivity contribution in [1.82, 2.24) is 15.3 Å². The topological polar surface area (TPSA) is 117 Å². The van der Waals surface area contributed by atoms with Gasteiger partial charge in [0.05, 0.1) is 37.0 Å². The predicted molar refractivity (Wildman–Crippen MR) is 99.5 cm³/mol. The molecule has 1 amide bonds. The highest BCUT2D eigenvalue weighted by Gasteiger charge is 2.28. The quantitative estimate of drug-likeness (QED) is 0.628. The van der Waals surface area contributed by atoms with E-state index in [1.54, 1.807) is 18.3 Å². The van der Waals surface area contributed by atoms with Gasteiger partial charge in [0.15, 0.2) is 0 Å². The number of ether oxygens (including phenoxy) is 1. The SMILES string of the molecule is O=C(NC1COCC1O)c1ccc2cnc(NC3CCC(O)CC3)nc2c1. The van der Waals surface area contributed by atoms with E-state index in [0.717, 1.165) is 31.1 Å². The molecule has 0 radical (unpaired) electrons. The fourth-order valence-corrected chi connectivity index (χ4v) is 3.57. The largest absolute Gasteiger partial charge is 0.393 e. The molecular weight excluding hydrogens is 348 g/mol. The van der Waals surface area contributed by atoms with E-state index in [1.165, 1.54) is 0 Å². The summed E-state index contributed by atoms with van der Waals surface area (Å²) in [4.78, 5) is 21.4. The van der Waals surface area contributed by atoms with Crippen LogP contribution in [0, 0.1) is 0 Å². The molecule has 0 spiro atoms. The first-order chi connectivity index (χ1) is 13.1. The van der Waals surface area contributed by atoms with E-state index in [1.807, 2.05) is 6.07 Å². The zero-order chi connectivity index (χ0) is 18.8. The molecule has 8 nitrogen and oxygen atoms in total. The second-order valence-corrected chi connectivity index (χ2v) is 7.30. The molecular formula is C19H24N4O4. The molecule has 0 bridgehead atoms. The van der Waals surface area contributed by atoms with Crippen LogP contribution in [0.25, 0.3) is 10.9 Å². The Hall–Kier alpha value is -2.29. The van der Waals surface area contributed by atoms with E-state index in [2.05, 4.69) is 20.6 Å². The van der Waals surface area contributed by atoms with Crippen molar-refractivity contribution in [3.05, 3.63) is 30.0 Å². The number of carbonyl (C=O) groups excluding carboxylic acids is 1. The number of aliphatic hydroxyl groups is 2. The van der Waals surface area contributed by atoms with Gasteiger partial charge in [-0.05, 0) is 37.8 Å². The van der Waals surface area contributed by atoms with Crippen LogP contribution in [0.1, 0.15) is 36.0 Å². The Morgan fingerprint density at radius 3 is 2.70 bits per heavy atom. The van der Waals surface area contributed by atoms with Crippen LogP contribution in [0.5, 0.6) is 0 Å². The lowest BCUT2D eigenvalue weighted by atomic mass is 9.93. The van der Waals surface area contributed by atoms with Gasteiger partial charge in [0.2, 0.25) is 5.95 Å². The third kappa shape index (κ3) is 4.18. The Balaban J connectivity index is 1.48. The fraction of sp³-hybridized carbons (Fsp3) is 0.526. The van der Waals surface area contributed by atoms with Gasteiger partial charge in [-0.3, -0.25) is 4.79 Å². The molecule has 4 N–H and O–H groups in total. The number of aliphatic hydroxyl groups excluding tert-OH is 2. The molecule has 1 aliphatic heterocycles. The van der Waals surface area contributed by atoms with E-state index in [0.29, 0.717) is 23.6 Å². The van der Waals surface area contributed by atoms with Gasteiger partial charge >= 0.3 is 0 Å². The maximum Gasteiger partial charge on any atom is 0.251 e. The van der Waals surface area contributed by atoms with Gasteiger partial charge in [-0.15, -0.1) is 0 Å². The maximum absolute atomic E-state index is 12.5. The maximum atomic E-state index is 12.5. The zero-order valence-corrected chi connectivity index (χ0v) is 15.0. The van der Waals surface area contributed by atoms with Gasteiger partial charge in [-0.25, -0.2) is 9.97 Å². The minimum absolute atomic E-state index is 0.203. The van der Waals surface area contributed by atoms with Crippen molar-refractivity contribution in [2.75, 3.05) is 18.5 Å². The van der Waals surface area contributed by atoms with Crippen molar-refractivity contribution < 1.29 is 19.7 Å². The highest BCUT2D eigenvalue weighted by Crippen LogP contribution is 2.22. The molecule has 1 aromatic heterocycles. The Morgan fingerprint density at radius 2 is 1.96 bits per heavy atom. The zero-order valence-electron chi connectivity index (χ0n) is 15.0. The molecule has 2 aliphatic rings. The van der Waals surface area contributed by atoms with E-state index in [4.69, 9.17) is 4.74 Å². The first-order valence-electron chi connectivity index (χ1n) is 9.36. The summed E-state index contributed by atoms with van der Waals surface area (Å²) in [5.41, 5.74) is 1.16. The first kappa shape index (κ1) is 18.1. The highest BCUT2D eigenvalue weighted by molar-refractivity contribution is 5.98. The second kappa shape index (κ2) is 7.75. The Labute approximate surface area is 157 Å². The number of hydrogen-bond donors (Lipinski definition) is 4. The van der Waals surface area contributed by atoms with Crippen LogP contribution in [0.2, 0.25) is 0 Å². The number of anilines is 1. The summed E-state index contributed by atoms with van der Waals surface area (Å²) in [6.45, 7) is 0.552. The predicted octanol–water partition coefficient (Wildman–Crippen LogP) is 0.835. The van der Waals surface area contributed by atoms with Crippen LogP contribution < -0.4 is 10.6 Å². The Kier molecular flexibility index (Phi) is 5.20. The number of rotatable bonds is 4. The highest BCUT2D eigenvalue weighted by atomic mass is 16.5. The average Bonchev–Trinajstić information content (AvgIpc) is 3.07. The summed E-state index contributed by atoms with van der Waals surface area (Å²) in [7, 11) is 0. The molecule has 2 unspecified atom stereocenters. The van der Waals surface area contributed by atoms with Crippen LogP contribution in [0.4, 0.5) is 5.95 Å². The van der Waals surface area contributed by atoms with Crippen molar-refractivity contribution in [2.45, 2.75) is 50.0 Å². The first-order valence-corrected chi connectivity index (χ1v) is 9.36. The van der Waals surface area contributed by atoms with E-state index >= 15 is 0 Å². The van der Waals surface area contributed by atoms with Gasteiger partial charge in [0.1, 0.15) is 0 Å². The number of hydrogen-bond acceptors (Lipinski definition) is 7. The van der Waals surface area contributed by atoms with Crippen molar-refractivity contribution in [2.24, 2.45) is 0 Å². The summed E-state index contributed by atoms with van der Waals surface area (Å²) >= 11 is 0. The standard InChI is InChI=1S/C19H24N4O4/c24-14-5-3-13(4-6-14)21-19-20-8-12-2-1-11(7-15(12)23-19)18(26)22-16-9-27-10-17(16)25/h1-2,7-8,13-14,16-17,24-25H,3-6,9-10H2,(H,22,26)(H,20,21,23). The lowest BCUT2D eigenvalue weighted by molar-refractivity contribution is 0.0886. The third-order valence-electron chi connectivity index (χ3n) is 5.24. The molecule has 27 heavy (non-hydrogen) atoms. The van der Waals surface area contributed by atoms with Crippen LogP contribution in [0.15, 0.2) is 24.4 Å². The summed E-state index contributed by atoms with van der Waals surface area (Å²) in [6.07, 6.45) is 4.19. The normalized spacial score (nSPS) is 28.2. The molecule has 1 aliphatic carbocycles. The Morgan fingerprint density at radius 1 is 1.15 bits per heavy atom. The molecule has 1 aromatic carbocycles. The average molecular weight is 372 g/mol. The monoisotopic (exact) mass is 372 g/mol. The van der Waals surface area contributed by atoms with Crippen LogP contribution in [0.3, 0.4) is 0 Å². The van der Waals surface area contributed by atoms with Crippen molar-refractivity contribution in [3.8, 4) is 0 Å². The summed E-state index contributed by atoms with van der Waals surface area (Å²) < 4.78 is 5.16. The number of fused-ring (bicyclic) bond motifs is 1. The lowest BCUT2D eigenvalue weighted by Crippen LogP contribution is -2.42. The lowest BCUT2D eigenvalue weighted by Gasteiger charge is -2.26. The second-order valence-electron chi connectivity index (χ2n) is 7.30. The summed E-state index contributed by atoms with van der Waals surface area (Å²) in [5.74, 6) is 0.266. The number of nitrogens with one attached hydrogen (secondary N) is 2. The van der Waals surface area contributed by atoms with Crippen molar-refractivity contribution >= 4 is 22.8 Å². The fourth-order valence-electron chi connectivity index (χ4n) is 3.57. The molecule has 8 heteroatoms.